The Morgan fingerprint density at radius 3 is 2.70 bits per heavy atom. The second-order valence-corrected chi connectivity index (χ2v) is 15.1. The monoisotopic (exact) mass is 748 g/mol. The summed E-state index contributed by atoms with van der Waals surface area (Å²) in [4.78, 5) is 39.5. The molecule has 6 rings (SSSR count). The normalized spacial score (nSPS) is 15.8. The molecule has 1 amide bonds. The highest BCUT2D eigenvalue weighted by atomic mass is 32.1. The van der Waals surface area contributed by atoms with Crippen LogP contribution in [-0.4, -0.2) is 77.5 Å². The van der Waals surface area contributed by atoms with Crippen molar-refractivity contribution in [3.05, 3.63) is 101 Å². The Balaban J connectivity index is 1.09. The van der Waals surface area contributed by atoms with E-state index in [4.69, 9.17) is 31.7 Å². The van der Waals surface area contributed by atoms with E-state index in [0.717, 1.165) is 79.9 Å². The highest BCUT2D eigenvalue weighted by Crippen LogP contribution is 2.35. The Bertz CT molecular complexity index is 1980. The van der Waals surface area contributed by atoms with Crippen LogP contribution in [-0.2, 0) is 33.9 Å². The molecule has 0 spiro atoms. The number of esters is 1. The van der Waals surface area contributed by atoms with E-state index in [1.54, 1.807) is 5.37 Å². The fourth-order valence-corrected chi connectivity index (χ4v) is 7.65. The van der Waals surface area contributed by atoms with Gasteiger partial charge in [-0.2, -0.15) is 9.97 Å². The number of nitrogens with zero attached hydrogens (tertiary/aromatic N) is 4. The van der Waals surface area contributed by atoms with Gasteiger partial charge in [0.1, 0.15) is 19.0 Å². The van der Waals surface area contributed by atoms with Crippen LogP contribution in [0.2, 0.25) is 0 Å². The Labute approximate surface area is 324 Å². The van der Waals surface area contributed by atoms with Crippen LogP contribution >= 0.6 is 12.2 Å². The number of amides is 1. The molecule has 1 atom stereocenters. The largest absolute Gasteiger partial charge is 0.462 e. The van der Waals surface area contributed by atoms with Gasteiger partial charge in [0, 0.05) is 47.7 Å². The SMILES string of the molecule is C=CC(=O)NCCNc1nc(OC[C@@H]2CCCN2CCCC(C)(C)C(=O)OCc2cccc(C=S)c2)nc2c1CCN(c1cccc3cccc(C)c13)C2. The van der Waals surface area contributed by atoms with E-state index in [1.165, 1.54) is 28.1 Å². The number of thiocarbonyl (C=S) groups is 1. The van der Waals surface area contributed by atoms with Crippen molar-refractivity contribution in [2.75, 3.05) is 49.5 Å². The maximum atomic E-state index is 13.0. The van der Waals surface area contributed by atoms with Crippen LogP contribution < -0.4 is 20.3 Å². The fraction of sp³-hybridized carbons (Fsp3) is 0.419. The number of carbonyl (C=O) groups excluding carboxylic acids is 2. The number of ether oxygens (including phenoxy) is 2. The lowest BCUT2D eigenvalue weighted by Gasteiger charge is -2.32. The molecule has 3 aromatic carbocycles. The van der Waals surface area contributed by atoms with Crippen molar-refractivity contribution in [3.8, 4) is 6.01 Å². The second kappa shape index (κ2) is 18.0. The summed E-state index contributed by atoms with van der Waals surface area (Å²) < 4.78 is 12.1. The lowest BCUT2D eigenvalue weighted by molar-refractivity contribution is -0.155. The number of aromatic nitrogens is 2. The van der Waals surface area contributed by atoms with Crippen molar-refractivity contribution in [1.82, 2.24) is 20.2 Å². The molecule has 284 valence electrons. The zero-order valence-electron chi connectivity index (χ0n) is 31.7. The van der Waals surface area contributed by atoms with Gasteiger partial charge in [0.15, 0.2) is 0 Å². The van der Waals surface area contributed by atoms with Gasteiger partial charge in [-0.1, -0.05) is 67.3 Å². The third-order valence-electron chi connectivity index (χ3n) is 10.5. The van der Waals surface area contributed by atoms with E-state index in [9.17, 15) is 9.59 Å². The number of hydrogen-bond donors (Lipinski definition) is 2. The first-order valence-electron chi connectivity index (χ1n) is 19.0. The molecule has 4 aromatic rings. The molecule has 0 bridgehead atoms. The summed E-state index contributed by atoms with van der Waals surface area (Å²) in [6.07, 6.45) is 5.76. The summed E-state index contributed by atoms with van der Waals surface area (Å²) in [6, 6.07) is 21.2. The Hall–Kier alpha value is -4.87. The average molecular weight is 749 g/mol. The molecule has 2 aliphatic rings. The van der Waals surface area contributed by atoms with Gasteiger partial charge in [-0.05, 0) is 106 Å². The van der Waals surface area contributed by atoms with Gasteiger partial charge in [0.25, 0.3) is 0 Å². The van der Waals surface area contributed by atoms with Gasteiger partial charge in [0.05, 0.1) is 17.7 Å². The number of aryl methyl sites for hydroxylation is 1. The lowest BCUT2D eigenvalue weighted by Crippen LogP contribution is -2.36. The lowest BCUT2D eigenvalue weighted by atomic mass is 9.88. The standard InChI is InChI=1S/C43H52N6O4S/c1-5-38(50)44-20-21-45-40-35-18-24-49(37-17-8-15-33-14-6-11-30(2)39(33)37)26-36(35)46-42(47-40)53-28-34-16-9-22-48(34)23-10-19-43(3,4)41(51)52-27-31-12-7-13-32(25-31)29-54/h5-8,11-15,17,25,29,34H,1,9-10,16,18-24,26-28H2,2-4H3,(H,44,50)(H,45,46,47)/t34-/m0/s1. The van der Waals surface area contributed by atoms with Crippen LogP contribution in [0.25, 0.3) is 10.8 Å². The zero-order valence-corrected chi connectivity index (χ0v) is 32.6. The van der Waals surface area contributed by atoms with E-state index < -0.39 is 5.41 Å². The van der Waals surface area contributed by atoms with Gasteiger partial charge in [-0.25, -0.2) is 0 Å². The van der Waals surface area contributed by atoms with Crippen molar-refractivity contribution >= 4 is 51.7 Å². The van der Waals surface area contributed by atoms with Gasteiger partial charge >= 0.3 is 12.0 Å². The zero-order chi connectivity index (χ0) is 38.1. The van der Waals surface area contributed by atoms with E-state index >= 15 is 0 Å². The van der Waals surface area contributed by atoms with E-state index in [0.29, 0.717) is 32.3 Å². The average Bonchev–Trinajstić information content (AvgIpc) is 3.64. The van der Waals surface area contributed by atoms with E-state index in [2.05, 4.69) is 70.3 Å². The third kappa shape index (κ3) is 9.62. The summed E-state index contributed by atoms with van der Waals surface area (Å²) in [5.74, 6) is 0.351. The quantitative estimate of drug-likeness (QED) is 0.0510. The molecule has 1 fully saturated rings. The fourth-order valence-electron chi connectivity index (χ4n) is 7.51. The number of hydrogen-bond acceptors (Lipinski definition) is 10. The second-order valence-electron chi connectivity index (χ2n) is 14.9. The number of rotatable bonds is 17. The molecule has 0 saturated carbocycles. The Kier molecular flexibility index (Phi) is 12.9. The van der Waals surface area contributed by atoms with E-state index in [-0.39, 0.29) is 24.5 Å². The molecule has 2 N–H and O–H groups in total. The molecule has 0 aliphatic carbocycles. The molecular formula is C43H52N6O4S. The summed E-state index contributed by atoms with van der Waals surface area (Å²) >= 11 is 5.04. The van der Waals surface area contributed by atoms with Crippen LogP contribution in [0.3, 0.4) is 0 Å². The summed E-state index contributed by atoms with van der Waals surface area (Å²) in [7, 11) is 0. The van der Waals surface area contributed by atoms with Crippen LogP contribution in [0, 0.1) is 12.3 Å². The molecule has 0 unspecified atom stereocenters. The van der Waals surface area contributed by atoms with Crippen LogP contribution in [0.15, 0.2) is 73.3 Å². The number of likely N-dealkylation sites (tertiary alicyclic amines) is 1. The topological polar surface area (TPSA) is 109 Å². The minimum atomic E-state index is -0.596. The predicted octanol–water partition coefficient (Wildman–Crippen LogP) is 6.96. The van der Waals surface area contributed by atoms with Crippen molar-refractivity contribution in [3.63, 3.8) is 0 Å². The number of fused-ring (bicyclic) bond motifs is 2. The van der Waals surface area contributed by atoms with Crippen LogP contribution in [0.1, 0.15) is 67.5 Å². The maximum Gasteiger partial charge on any atom is 0.318 e. The Morgan fingerprint density at radius 1 is 1.07 bits per heavy atom. The van der Waals surface area contributed by atoms with Crippen molar-refractivity contribution in [1.29, 1.82) is 0 Å². The van der Waals surface area contributed by atoms with Crippen molar-refractivity contribution < 1.29 is 19.1 Å². The van der Waals surface area contributed by atoms with Crippen LogP contribution in [0.5, 0.6) is 6.01 Å². The minimum Gasteiger partial charge on any atom is -0.462 e. The Morgan fingerprint density at radius 2 is 1.89 bits per heavy atom. The smallest absolute Gasteiger partial charge is 0.318 e. The number of carbonyl (C=O) groups is 2. The predicted molar refractivity (Wildman–Crippen MR) is 219 cm³/mol. The number of nitrogens with one attached hydrogen (secondary N) is 2. The molecule has 1 saturated heterocycles. The number of anilines is 2. The van der Waals surface area contributed by atoms with Gasteiger partial charge in [-0.3, -0.25) is 14.5 Å². The van der Waals surface area contributed by atoms with Gasteiger partial charge < -0.3 is 25.0 Å². The summed E-state index contributed by atoms with van der Waals surface area (Å²) in [5, 5.41) is 10.4. The molecule has 0 radical (unpaired) electrons. The van der Waals surface area contributed by atoms with Crippen molar-refractivity contribution in [2.45, 2.75) is 72.1 Å². The molecule has 10 nitrogen and oxygen atoms in total. The highest BCUT2D eigenvalue weighted by Gasteiger charge is 2.31. The first-order valence-corrected chi connectivity index (χ1v) is 19.5. The highest BCUT2D eigenvalue weighted by molar-refractivity contribution is 7.79. The first-order chi connectivity index (χ1) is 26.1. The molecule has 54 heavy (non-hydrogen) atoms. The first kappa shape index (κ1) is 38.8. The van der Waals surface area contributed by atoms with Gasteiger partial charge in [-0.15, -0.1) is 0 Å². The minimum absolute atomic E-state index is 0.192. The van der Waals surface area contributed by atoms with Crippen molar-refractivity contribution in [2.24, 2.45) is 5.41 Å². The summed E-state index contributed by atoms with van der Waals surface area (Å²) in [5.41, 5.74) is 5.74. The van der Waals surface area contributed by atoms with E-state index in [1.807, 2.05) is 38.1 Å². The number of benzene rings is 3. The maximum absolute atomic E-state index is 13.0. The molecule has 2 aliphatic heterocycles. The third-order valence-corrected chi connectivity index (χ3v) is 10.8. The molecule has 11 heteroatoms. The molecule has 3 heterocycles. The summed E-state index contributed by atoms with van der Waals surface area (Å²) in [6.45, 7) is 14.6. The molecular weight excluding hydrogens is 697 g/mol. The van der Waals surface area contributed by atoms with Gasteiger partial charge in [0.2, 0.25) is 5.91 Å². The van der Waals surface area contributed by atoms with Crippen LogP contribution in [0.4, 0.5) is 11.5 Å². The molecule has 1 aromatic heterocycles.